The number of hydrogen-bond acceptors (Lipinski definition) is 2. The van der Waals surface area contributed by atoms with Crippen molar-refractivity contribution in [3.8, 4) is 0 Å². The average Bonchev–Trinajstić information content (AvgIpc) is 2.26. The Morgan fingerprint density at radius 2 is 1.65 bits per heavy atom. The Bertz CT molecular complexity index is 321. The first kappa shape index (κ1) is 15.4. The third-order valence-corrected chi connectivity index (χ3v) is 2.38. The molecule has 0 aromatic rings. The molecule has 4 heteroatoms. The number of carbonyl (C=O) groups excluding carboxylic acids is 2. The molecule has 1 atom stereocenters. The van der Waals surface area contributed by atoms with Gasteiger partial charge in [0.1, 0.15) is 0 Å². The van der Waals surface area contributed by atoms with Crippen molar-refractivity contribution in [2.24, 2.45) is 0 Å². The van der Waals surface area contributed by atoms with Crippen LogP contribution in [0.3, 0.4) is 0 Å². The molecular formula is C13H22N2O2. The van der Waals surface area contributed by atoms with Gasteiger partial charge in [0, 0.05) is 23.7 Å². The Labute approximate surface area is 103 Å². The van der Waals surface area contributed by atoms with Crippen molar-refractivity contribution >= 4 is 11.8 Å². The lowest BCUT2D eigenvalue weighted by atomic mass is 10.1. The van der Waals surface area contributed by atoms with E-state index in [4.69, 9.17) is 0 Å². The summed E-state index contributed by atoms with van der Waals surface area (Å²) in [5.41, 5.74) is 0.985. The fourth-order valence-corrected chi connectivity index (χ4v) is 1.20. The van der Waals surface area contributed by atoms with E-state index in [9.17, 15) is 9.59 Å². The first-order valence-electron chi connectivity index (χ1n) is 5.78. The SMILES string of the molecule is C=C(C)C(=O)NCCC(CC)NC(=O)C(=C)C. The van der Waals surface area contributed by atoms with Crippen LogP contribution in [0.25, 0.3) is 0 Å². The zero-order valence-corrected chi connectivity index (χ0v) is 10.9. The molecule has 0 radical (unpaired) electrons. The van der Waals surface area contributed by atoms with Gasteiger partial charge < -0.3 is 10.6 Å². The molecule has 0 fully saturated rings. The Kier molecular flexibility index (Phi) is 6.94. The van der Waals surface area contributed by atoms with Gasteiger partial charge in [0.05, 0.1) is 0 Å². The summed E-state index contributed by atoms with van der Waals surface area (Å²) in [5, 5.41) is 5.59. The normalized spacial score (nSPS) is 11.5. The number of rotatable bonds is 7. The number of nitrogens with one attached hydrogen (secondary N) is 2. The van der Waals surface area contributed by atoms with Gasteiger partial charge in [-0.1, -0.05) is 20.1 Å². The summed E-state index contributed by atoms with van der Waals surface area (Å²) in [7, 11) is 0. The monoisotopic (exact) mass is 238 g/mol. The lowest BCUT2D eigenvalue weighted by Crippen LogP contribution is -2.37. The maximum absolute atomic E-state index is 11.4. The molecule has 4 nitrogen and oxygen atoms in total. The van der Waals surface area contributed by atoms with E-state index < -0.39 is 0 Å². The molecule has 17 heavy (non-hydrogen) atoms. The minimum absolute atomic E-state index is 0.0598. The van der Waals surface area contributed by atoms with Crippen molar-refractivity contribution in [3.05, 3.63) is 24.3 Å². The smallest absolute Gasteiger partial charge is 0.246 e. The molecule has 2 N–H and O–H groups in total. The van der Waals surface area contributed by atoms with Crippen LogP contribution in [0, 0.1) is 0 Å². The zero-order chi connectivity index (χ0) is 13.4. The second kappa shape index (κ2) is 7.65. The molecule has 0 aliphatic heterocycles. The van der Waals surface area contributed by atoms with E-state index in [-0.39, 0.29) is 17.9 Å². The van der Waals surface area contributed by atoms with E-state index in [1.54, 1.807) is 13.8 Å². The molecule has 0 aromatic carbocycles. The Balaban J connectivity index is 3.99. The Morgan fingerprint density at radius 1 is 1.12 bits per heavy atom. The molecule has 2 amide bonds. The van der Waals surface area contributed by atoms with E-state index >= 15 is 0 Å². The van der Waals surface area contributed by atoms with Gasteiger partial charge in [0.25, 0.3) is 0 Å². The highest BCUT2D eigenvalue weighted by molar-refractivity contribution is 5.92. The summed E-state index contributed by atoms with van der Waals surface area (Å²) < 4.78 is 0. The molecule has 0 aromatic heterocycles. The topological polar surface area (TPSA) is 58.2 Å². The van der Waals surface area contributed by atoms with Gasteiger partial charge in [-0.15, -0.1) is 0 Å². The predicted molar refractivity (Wildman–Crippen MR) is 69.5 cm³/mol. The Hall–Kier alpha value is -1.58. The van der Waals surface area contributed by atoms with Gasteiger partial charge in [0.2, 0.25) is 11.8 Å². The maximum atomic E-state index is 11.4. The van der Waals surface area contributed by atoms with E-state index in [1.807, 2.05) is 6.92 Å². The molecular weight excluding hydrogens is 216 g/mol. The van der Waals surface area contributed by atoms with E-state index in [1.165, 1.54) is 0 Å². The number of amides is 2. The fourth-order valence-electron chi connectivity index (χ4n) is 1.20. The van der Waals surface area contributed by atoms with Crippen LogP contribution in [0.1, 0.15) is 33.6 Å². The van der Waals surface area contributed by atoms with Crippen molar-refractivity contribution in [1.82, 2.24) is 10.6 Å². The fraction of sp³-hybridized carbons (Fsp3) is 0.538. The summed E-state index contributed by atoms with van der Waals surface area (Å²) in [5.74, 6) is -0.283. The summed E-state index contributed by atoms with van der Waals surface area (Å²) in [4.78, 5) is 22.6. The number of hydrogen-bond donors (Lipinski definition) is 2. The minimum Gasteiger partial charge on any atom is -0.352 e. The van der Waals surface area contributed by atoms with Crippen LogP contribution in [0.15, 0.2) is 24.3 Å². The summed E-state index contributed by atoms with van der Waals surface area (Å²) >= 11 is 0. The molecule has 96 valence electrons. The van der Waals surface area contributed by atoms with Crippen molar-refractivity contribution in [2.45, 2.75) is 39.7 Å². The highest BCUT2D eigenvalue weighted by atomic mass is 16.2. The van der Waals surface area contributed by atoms with Gasteiger partial charge in [-0.2, -0.15) is 0 Å². The predicted octanol–water partition coefficient (Wildman–Crippen LogP) is 1.54. The standard InChI is InChI=1S/C13H22N2O2/c1-6-11(15-13(17)10(4)5)7-8-14-12(16)9(2)3/h11H,2,4,6-8H2,1,3,5H3,(H,14,16)(H,15,17). The Morgan fingerprint density at radius 3 is 2.06 bits per heavy atom. The molecule has 0 saturated heterocycles. The largest absolute Gasteiger partial charge is 0.352 e. The molecule has 0 saturated carbocycles. The van der Waals surface area contributed by atoms with Gasteiger partial charge in [-0.05, 0) is 26.7 Å². The van der Waals surface area contributed by atoms with Crippen molar-refractivity contribution in [2.75, 3.05) is 6.54 Å². The second-order valence-corrected chi connectivity index (χ2v) is 4.18. The third kappa shape index (κ3) is 6.56. The quantitative estimate of drug-likeness (QED) is 0.661. The first-order valence-corrected chi connectivity index (χ1v) is 5.78. The van der Waals surface area contributed by atoms with E-state index in [2.05, 4.69) is 23.8 Å². The molecule has 0 rings (SSSR count). The van der Waals surface area contributed by atoms with Gasteiger partial charge in [-0.25, -0.2) is 0 Å². The van der Waals surface area contributed by atoms with Crippen molar-refractivity contribution < 1.29 is 9.59 Å². The van der Waals surface area contributed by atoms with Crippen LogP contribution in [0.2, 0.25) is 0 Å². The molecule has 0 aliphatic rings. The van der Waals surface area contributed by atoms with Crippen molar-refractivity contribution in [3.63, 3.8) is 0 Å². The van der Waals surface area contributed by atoms with E-state index in [0.717, 1.165) is 6.42 Å². The molecule has 0 bridgehead atoms. The van der Waals surface area contributed by atoms with Crippen LogP contribution in [0.5, 0.6) is 0 Å². The maximum Gasteiger partial charge on any atom is 0.246 e. The minimum atomic E-state index is -0.147. The highest BCUT2D eigenvalue weighted by Gasteiger charge is 2.11. The van der Waals surface area contributed by atoms with Gasteiger partial charge >= 0.3 is 0 Å². The summed E-state index contributed by atoms with van der Waals surface area (Å²) in [6, 6.07) is 0.0598. The lowest BCUT2D eigenvalue weighted by molar-refractivity contribution is -0.118. The molecule has 1 unspecified atom stereocenters. The van der Waals surface area contributed by atoms with Crippen molar-refractivity contribution in [1.29, 1.82) is 0 Å². The summed E-state index contributed by atoms with van der Waals surface area (Å²) in [6.07, 6.45) is 1.52. The zero-order valence-electron chi connectivity index (χ0n) is 10.9. The van der Waals surface area contributed by atoms with Gasteiger partial charge in [0.15, 0.2) is 0 Å². The third-order valence-electron chi connectivity index (χ3n) is 2.38. The van der Waals surface area contributed by atoms with Crippen LogP contribution < -0.4 is 10.6 Å². The molecule has 0 spiro atoms. The van der Waals surface area contributed by atoms with Crippen LogP contribution in [-0.4, -0.2) is 24.4 Å². The van der Waals surface area contributed by atoms with E-state index in [0.29, 0.717) is 24.1 Å². The molecule has 0 aliphatic carbocycles. The highest BCUT2D eigenvalue weighted by Crippen LogP contribution is 1.99. The summed E-state index contributed by atoms with van der Waals surface area (Å²) in [6.45, 7) is 13.0. The first-order chi connectivity index (χ1) is 7.88. The molecule has 0 heterocycles. The number of carbonyl (C=O) groups is 2. The lowest BCUT2D eigenvalue weighted by Gasteiger charge is -2.17. The van der Waals surface area contributed by atoms with Crippen LogP contribution >= 0.6 is 0 Å². The van der Waals surface area contributed by atoms with Gasteiger partial charge in [-0.3, -0.25) is 9.59 Å². The van der Waals surface area contributed by atoms with Crippen LogP contribution in [-0.2, 0) is 9.59 Å². The van der Waals surface area contributed by atoms with Crippen LogP contribution in [0.4, 0.5) is 0 Å². The average molecular weight is 238 g/mol. The second-order valence-electron chi connectivity index (χ2n) is 4.18.